The quantitative estimate of drug-likeness (QED) is 0.657. The van der Waals surface area contributed by atoms with Crippen molar-refractivity contribution in [1.82, 2.24) is 10.9 Å². The largest absolute Gasteiger partial charge is 0.492 e. The minimum atomic E-state index is -0.332. The number of anilines is 2. The van der Waals surface area contributed by atoms with E-state index in [1.54, 1.807) is 11.0 Å². The van der Waals surface area contributed by atoms with Crippen molar-refractivity contribution in [2.75, 3.05) is 29.1 Å². The summed E-state index contributed by atoms with van der Waals surface area (Å²) >= 11 is 1.23. The van der Waals surface area contributed by atoms with Crippen molar-refractivity contribution in [2.24, 2.45) is 10.9 Å². The molecule has 156 valence electrons. The first-order valence-electron chi connectivity index (χ1n) is 9.77. The minimum absolute atomic E-state index is 0.0386. The number of aliphatic imine (C=N–C) groups is 1. The Morgan fingerprint density at radius 1 is 1.23 bits per heavy atom. The number of fused-ring (bicyclic) bond motifs is 1. The van der Waals surface area contributed by atoms with Crippen molar-refractivity contribution < 1.29 is 14.3 Å². The molecule has 2 amide bonds. The van der Waals surface area contributed by atoms with Gasteiger partial charge in [0.25, 0.3) is 0 Å². The van der Waals surface area contributed by atoms with Gasteiger partial charge in [-0.15, -0.1) is 0 Å². The van der Waals surface area contributed by atoms with Crippen LogP contribution in [0.4, 0.5) is 11.4 Å². The molecule has 1 saturated heterocycles. The summed E-state index contributed by atoms with van der Waals surface area (Å²) in [5, 5.41) is 3.37. The van der Waals surface area contributed by atoms with Gasteiger partial charge in [0.15, 0.2) is 5.17 Å². The summed E-state index contributed by atoms with van der Waals surface area (Å²) in [4.78, 5) is 32.0. The van der Waals surface area contributed by atoms with E-state index in [4.69, 9.17) is 4.74 Å². The van der Waals surface area contributed by atoms with Crippen LogP contribution >= 0.6 is 11.8 Å². The molecule has 0 bridgehead atoms. The number of benzene rings is 2. The number of hydrogen-bond donors (Lipinski definition) is 3. The maximum Gasteiger partial charge on any atom is 0.241 e. The van der Waals surface area contributed by atoms with Crippen LogP contribution in [0, 0.1) is 5.92 Å². The number of thioether (sulfide) groups is 1. The summed E-state index contributed by atoms with van der Waals surface area (Å²) in [6.45, 7) is 2.92. The summed E-state index contributed by atoms with van der Waals surface area (Å²) in [5.74, 6) is 0.221. The van der Waals surface area contributed by atoms with E-state index < -0.39 is 0 Å². The second-order valence-electron chi connectivity index (χ2n) is 6.76. The van der Waals surface area contributed by atoms with Crippen LogP contribution in [0.5, 0.6) is 5.75 Å². The number of amides is 2. The van der Waals surface area contributed by atoms with Gasteiger partial charge in [0, 0.05) is 6.54 Å². The first-order chi connectivity index (χ1) is 14.7. The van der Waals surface area contributed by atoms with Gasteiger partial charge in [0.05, 0.1) is 29.7 Å². The summed E-state index contributed by atoms with van der Waals surface area (Å²) in [5.41, 5.74) is 7.38. The number of rotatable bonds is 6. The van der Waals surface area contributed by atoms with Gasteiger partial charge >= 0.3 is 0 Å². The molecule has 0 saturated carbocycles. The van der Waals surface area contributed by atoms with Crippen molar-refractivity contribution in [3.63, 3.8) is 0 Å². The van der Waals surface area contributed by atoms with E-state index in [1.807, 2.05) is 55.5 Å². The number of nitrogens with zero attached hydrogens (tertiary/aromatic N) is 2. The second-order valence-corrected chi connectivity index (χ2v) is 7.71. The molecule has 3 N–H and O–H groups in total. The van der Waals surface area contributed by atoms with Crippen molar-refractivity contribution in [3.05, 3.63) is 54.6 Å². The van der Waals surface area contributed by atoms with Crippen molar-refractivity contribution >= 4 is 40.1 Å². The zero-order valence-electron chi connectivity index (χ0n) is 16.5. The van der Waals surface area contributed by atoms with Gasteiger partial charge in [0.2, 0.25) is 11.8 Å². The highest BCUT2D eigenvalue weighted by molar-refractivity contribution is 8.14. The number of amidine groups is 1. The molecule has 0 spiro atoms. The number of ether oxygens (including phenoxy) is 1. The number of nitrogens with one attached hydrogen (secondary N) is 3. The highest BCUT2D eigenvalue weighted by Gasteiger charge is 2.42. The molecule has 2 atom stereocenters. The normalized spacial score (nSPS) is 20.5. The Hall–Kier alpha value is -2.88. The molecule has 2 aliphatic rings. The minimum Gasteiger partial charge on any atom is -0.492 e. The Morgan fingerprint density at radius 2 is 2.00 bits per heavy atom. The first kappa shape index (κ1) is 20.4. The van der Waals surface area contributed by atoms with Crippen LogP contribution in [0.3, 0.4) is 0 Å². The molecule has 0 aliphatic carbocycles. The number of hydrazine groups is 1. The molecule has 0 radical (unpaired) electrons. The lowest BCUT2D eigenvalue weighted by Gasteiger charge is -2.32. The molecule has 2 unspecified atom stereocenters. The molecule has 4 rings (SSSR count). The Morgan fingerprint density at radius 3 is 2.80 bits per heavy atom. The smallest absolute Gasteiger partial charge is 0.241 e. The predicted octanol–water partition coefficient (Wildman–Crippen LogP) is 2.21. The number of carbonyl (C=O) groups is 2. The average molecular weight is 426 g/mol. The molecular formula is C21H23N5O3S. The fraction of sp³-hybridized carbons (Fsp3) is 0.286. The number of hydrogen-bond acceptors (Lipinski definition) is 7. The van der Waals surface area contributed by atoms with E-state index in [0.717, 1.165) is 5.69 Å². The standard InChI is InChI=1S/C21H23N5O3S/c1-2-29-17-11-7-6-10-16(17)23-18(27)13-30-21-24-19-15(12-22-25-19)20(28)26(21)14-8-4-3-5-9-14/h3-11,15,19,22,25H,2,12-13H2,1H3,(H,23,27). The summed E-state index contributed by atoms with van der Waals surface area (Å²) in [6.07, 6.45) is -0.332. The Kier molecular flexibility index (Phi) is 6.32. The van der Waals surface area contributed by atoms with E-state index in [9.17, 15) is 9.59 Å². The maximum atomic E-state index is 13.1. The molecule has 1 fully saturated rings. The maximum absolute atomic E-state index is 13.1. The summed E-state index contributed by atoms with van der Waals surface area (Å²) in [7, 11) is 0. The molecule has 2 aromatic carbocycles. The van der Waals surface area contributed by atoms with Crippen molar-refractivity contribution in [1.29, 1.82) is 0 Å². The third-order valence-corrected chi connectivity index (χ3v) is 5.69. The van der Waals surface area contributed by atoms with Crippen LogP contribution in [0.2, 0.25) is 0 Å². The lowest BCUT2D eigenvalue weighted by molar-refractivity contribution is -0.121. The second kappa shape index (κ2) is 9.29. The van der Waals surface area contributed by atoms with Gasteiger partial charge in [-0.05, 0) is 31.2 Å². The molecular weight excluding hydrogens is 402 g/mol. The summed E-state index contributed by atoms with van der Waals surface area (Å²) in [6, 6.07) is 16.7. The van der Waals surface area contributed by atoms with E-state index in [1.165, 1.54) is 11.8 Å². The Balaban J connectivity index is 1.49. The topological polar surface area (TPSA) is 95.1 Å². The Bertz CT molecular complexity index is 953. The highest BCUT2D eigenvalue weighted by atomic mass is 32.2. The predicted molar refractivity (Wildman–Crippen MR) is 118 cm³/mol. The van der Waals surface area contributed by atoms with Gasteiger partial charge in [-0.1, -0.05) is 42.1 Å². The van der Waals surface area contributed by atoms with Crippen LogP contribution in [0.15, 0.2) is 59.6 Å². The molecule has 2 aliphatic heterocycles. The fourth-order valence-electron chi connectivity index (χ4n) is 3.35. The van der Waals surface area contributed by atoms with Crippen molar-refractivity contribution in [3.8, 4) is 5.75 Å². The summed E-state index contributed by atoms with van der Waals surface area (Å²) < 4.78 is 5.56. The van der Waals surface area contributed by atoms with Crippen LogP contribution in [-0.2, 0) is 9.59 Å². The first-order valence-corrected chi connectivity index (χ1v) is 10.8. The highest BCUT2D eigenvalue weighted by Crippen LogP contribution is 2.29. The van der Waals surface area contributed by atoms with Gasteiger partial charge in [0.1, 0.15) is 11.9 Å². The van der Waals surface area contributed by atoms with E-state index in [2.05, 4.69) is 21.2 Å². The molecule has 30 heavy (non-hydrogen) atoms. The lowest BCUT2D eigenvalue weighted by Crippen LogP contribution is -2.49. The van der Waals surface area contributed by atoms with Gasteiger partial charge in [-0.3, -0.25) is 19.9 Å². The molecule has 2 aromatic rings. The van der Waals surface area contributed by atoms with E-state index in [-0.39, 0.29) is 29.7 Å². The van der Waals surface area contributed by atoms with Crippen LogP contribution in [-0.4, -0.2) is 42.1 Å². The number of carbonyl (C=O) groups excluding carboxylic acids is 2. The third-order valence-electron chi connectivity index (χ3n) is 4.74. The molecule has 0 aromatic heterocycles. The monoisotopic (exact) mass is 425 g/mol. The molecule has 2 heterocycles. The van der Waals surface area contributed by atoms with E-state index in [0.29, 0.717) is 29.8 Å². The third kappa shape index (κ3) is 4.33. The van der Waals surface area contributed by atoms with Crippen LogP contribution in [0.1, 0.15) is 6.92 Å². The van der Waals surface area contributed by atoms with Crippen LogP contribution in [0.25, 0.3) is 0 Å². The van der Waals surface area contributed by atoms with Crippen molar-refractivity contribution in [2.45, 2.75) is 13.1 Å². The zero-order chi connectivity index (χ0) is 20.9. The fourth-order valence-corrected chi connectivity index (χ4v) is 4.20. The molecule has 8 nitrogen and oxygen atoms in total. The van der Waals surface area contributed by atoms with Gasteiger partial charge in [-0.25, -0.2) is 10.4 Å². The Labute approximate surface area is 179 Å². The van der Waals surface area contributed by atoms with Gasteiger partial charge < -0.3 is 10.1 Å². The van der Waals surface area contributed by atoms with E-state index >= 15 is 0 Å². The SMILES string of the molecule is CCOc1ccccc1NC(=O)CSC1=NC2NNCC2C(=O)N1c1ccccc1. The average Bonchev–Trinajstić information content (AvgIpc) is 3.24. The lowest BCUT2D eigenvalue weighted by atomic mass is 10.1. The number of para-hydroxylation sites is 3. The van der Waals surface area contributed by atoms with Gasteiger partial charge in [-0.2, -0.15) is 0 Å². The van der Waals surface area contributed by atoms with Crippen LogP contribution < -0.4 is 25.8 Å². The molecule has 9 heteroatoms. The zero-order valence-corrected chi connectivity index (χ0v) is 17.3.